The molecule has 0 aromatic carbocycles. The van der Waals surface area contributed by atoms with Crippen LogP contribution in [0.3, 0.4) is 0 Å². The topological polar surface area (TPSA) is 206 Å². The number of aliphatic imine (C=N–C) groups is 1. The van der Waals surface area contributed by atoms with Crippen LogP contribution >= 0.6 is 0 Å². The lowest BCUT2D eigenvalue weighted by Gasteiger charge is -2.30. The van der Waals surface area contributed by atoms with Gasteiger partial charge in [-0.3, -0.25) is 19.4 Å². The number of hydrogen-bond acceptors (Lipinski definition) is 6. The Bertz CT molecular complexity index is 752. The minimum absolute atomic E-state index is 0.0854. The first-order chi connectivity index (χ1) is 15.8. The van der Waals surface area contributed by atoms with Crippen molar-refractivity contribution in [2.75, 3.05) is 13.1 Å². The molecule has 12 heteroatoms. The number of rotatable bonds is 13. The molecule has 1 aliphatic heterocycles. The molecule has 0 aromatic rings. The van der Waals surface area contributed by atoms with E-state index in [9.17, 15) is 24.3 Å². The minimum Gasteiger partial charge on any atom is -0.480 e. The van der Waals surface area contributed by atoms with Crippen molar-refractivity contribution >= 4 is 29.7 Å². The average Bonchev–Trinajstić information content (AvgIpc) is 3.22. The Balaban J connectivity index is 2.99. The van der Waals surface area contributed by atoms with Crippen molar-refractivity contribution in [2.45, 2.75) is 84.0 Å². The molecule has 1 aliphatic rings. The zero-order valence-corrected chi connectivity index (χ0v) is 20.6. The lowest BCUT2D eigenvalue weighted by atomic mass is 9.99. The first-order valence-electron chi connectivity index (χ1n) is 11.8. The van der Waals surface area contributed by atoms with Gasteiger partial charge in [0.15, 0.2) is 5.96 Å². The first-order valence-corrected chi connectivity index (χ1v) is 11.8. The highest BCUT2D eigenvalue weighted by molar-refractivity contribution is 5.94. The summed E-state index contributed by atoms with van der Waals surface area (Å²) in [6, 6.07) is -3.58. The van der Waals surface area contributed by atoms with Crippen molar-refractivity contribution in [1.82, 2.24) is 15.5 Å². The highest BCUT2D eigenvalue weighted by atomic mass is 16.4. The standard InChI is InChI=1S/C22H41N7O5/c1-12(2)11-14(23)18(30)28-17(13(3)4)19(31)27-15(7-5-9-26-22(24)25)20(32)29-10-6-8-16(29)21(33)34/h12-17H,5-11,23H2,1-4H3,(H,27,31)(H,28,30)(H,33,34)(H4,24,25,26). The van der Waals surface area contributed by atoms with Gasteiger partial charge in [-0.05, 0) is 43.9 Å². The summed E-state index contributed by atoms with van der Waals surface area (Å²) in [6.45, 7) is 7.98. The molecule has 1 rings (SSSR count). The Kier molecular flexibility index (Phi) is 11.8. The maximum atomic E-state index is 13.2. The monoisotopic (exact) mass is 483 g/mol. The number of nitrogens with zero attached hydrogens (tertiary/aromatic N) is 2. The van der Waals surface area contributed by atoms with Crippen LogP contribution in [0.2, 0.25) is 0 Å². The van der Waals surface area contributed by atoms with Crippen molar-refractivity contribution in [2.24, 2.45) is 34.0 Å². The number of carboxylic acid groups (broad SMARTS) is 1. The van der Waals surface area contributed by atoms with Crippen molar-refractivity contribution in [3.05, 3.63) is 0 Å². The third-order valence-corrected chi connectivity index (χ3v) is 5.69. The fourth-order valence-corrected chi connectivity index (χ4v) is 3.92. The van der Waals surface area contributed by atoms with E-state index in [1.54, 1.807) is 13.8 Å². The number of carbonyl (C=O) groups excluding carboxylic acids is 3. The molecule has 4 atom stereocenters. The summed E-state index contributed by atoms with van der Waals surface area (Å²) in [5.41, 5.74) is 16.6. The van der Waals surface area contributed by atoms with Crippen LogP contribution in [0.1, 0.15) is 59.8 Å². The van der Waals surface area contributed by atoms with Crippen LogP contribution in [0.25, 0.3) is 0 Å². The number of amides is 3. The fraction of sp³-hybridized carbons (Fsp3) is 0.773. The molecule has 0 saturated carbocycles. The predicted octanol–water partition coefficient (Wildman–Crippen LogP) is -0.885. The van der Waals surface area contributed by atoms with Crippen molar-refractivity contribution in [3.63, 3.8) is 0 Å². The summed E-state index contributed by atoms with van der Waals surface area (Å²) in [4.78, 5) is 55.6. The molecule has 1 heterocycles. The lowest BCUT2D eigenvalue weighted by molar-refractivity contribution is -0.149. The van der Waals surface area contributed by atoms with Crippen molar-refractivity contribution < 1.29 is 24.3 Å². The summed E-state index contributed by atoms with van der Waals surface area (Å²) >= 11 is 0. The largest absolute Gasteiger partial charge is 0.480 e. The van der Waals surface area contributed by atoms with Gasteiger partial charge in [0.05, 0.1) is 6.04 Å². The van der Waals surface area contributed by atoms with E-state index < -0.39 is 47.9 Å². The summed E-state index contributed by atoms with van der Waals surface area (Å²) in [5, 5.41) is 14.9. The molecule has 1 fully saturated rings. The summed E-state index contributed by atoms with van der Waals surface area (Å²) < 4.78 is 0. The van der Waals surface area contributed by atoms with E-state index in [0.717, 1.165) is 0 Å². The molecule has 3 amide bonds. The zero-order chi connectivity index (χ0) is 26.0. The summed E-state index contributed by atoms with van der Waals surface area (Å²) in [6.07, 6.45) is 1.98. The maximum absolute atomic E-state index is 13.2. The van der Waals surface area contributed by atoms with Gasteiger partial charge in [-0.25, -0.2) is 4.79 Å². The van der Waals surface area contributed by atoms with Gasteiger partial charge in [0, 0.05) is 13.1 Å². The highest BCUT2D eigenvalue weighted by Gasteiger charge is 2.38. The molecule has 9 N–H and O–H groups in total. The first kappa shape index (κ1) is 29.1. The second kappa shape index (κ2) is 13.7. The van der Waals surface area contributed by atoms with Crippen LogP contribution in [0.15, 0.2) is 4.99 Å². The number of hydrogen-bond donors (Lipinski definition) is 6. The van der Waals surface area contributed by atoms with Crippen LogP contribution in [0, 0.1) is 11.8 Å². The number of nitrogens with two attached hydrogens (primary N) is 3. The normalized spacial score (nSPS) is 18.3. The van der Waals surface area contributed by atoms with Crippen LogP contribution in [0.4, 0.5) is 0 Å². The van der Waals surface area contributed by atoms with Gasteiger partial charge in [-0.15, -0.1) is 0 Å². The van der Waals surface area contributed by atoms with E-state index in [4.69, 9.17) is 17.2 Å². The van der Waals surface area contributed by atoms with E-state index in [1.165, 1.54) is 4.90 Å². The van der Waals surface area contributed by atoms with E-state index in [2.05, 4.69) is 15.6 Å². The SMILES string of the molecule is CC(C)CC(N)C(=O)NC(C(=O)NC(CCCN=C(N)N)C(=O)N1CCCC1C(=O)O)C(C)C. The summed E-state index contributed by atoms with van der Waals surface area (Å²) in [5.74, 6) is -2.68. The summed E-state index contributed by atoms with van der Waals surface area (Å²) in [7, 11) is 0. The van der Waals surface area contributed by atoms with Crippen LogP contribution < -0.4 is 27.8 Å². The molecule has 0 aliphatic carbocycles. The van der Waals surface area contributed by atoms with E-state index in [0.29, 0.717) is 32.2 Å². The second-order valence-corrected chi connectivity index (χ2v) is 9.50. The Morgan fingerprint density at radius 1 is 1.09 bits per heavy atom. The average molecular weight is 484 g/mol. The van der Waals surface area contributed by atoms with Crippen LogP contribution in [-0.4, -0.2) is 76.9 Å². The highest BCUT2D eigenvalue weighted by Crippen LogP contribution is 2.20. The maximum Gasteiger partial charge on any atom is 0.326 e. The molecule has 0 spiro atoms. The fourth-order valence-electron chi connectivity index (χ4n) is 3.92. The predicted molar refractivity (Wildman–Crippen MR) is 128 cm³/mol. The minimum atomic E-state index is -1.08. The lowest BCUT2D eigenvalue weighted by Crippen LogP contribution is -2.58. The van der Waals surface area contributed by atoms with E-state index >= 15 is 0 Å². The Hall–Kier alpha value is -2.89. The molecular weight excluding hydrogens is 442 g/mol. The number of guanidine groups is 1. The van der Waals surface area contributed by atoms with Gasteiger partial charge in [-0.2, -0.15) is 0 Å². The van der Waals surface area contributed by atoms with Gasteiger partial charge in [0.2, 0.25) is 17.7 Å². The molecule has 1 saturated heterocycles. The van der Waals surface area contributed by atoms with Gasteiger partial charge in [-0.1, -0.05) is 27.7 Å². The van der Waals surface area contributed by atoms with Gasteiger partial charge in [0.25, 0.3) is 0 Å². The van der Waals surface area contributed by atoms with Crippen LogP contribution in [0.5, 0.6) is 0 Å². The smallest absolute Gasteiger partial charge is 0.326 e. The van der Waals surface area contributed by atoms with Crippen molar-refractivity contribution in [1.29, 1.82) is 0 Å². The third-order valence-electron chi connectivity index (χ3n) is 5.69. The van der Waals surface area contributed by atoms with Gasteiger partial charge in [0.1, 0.15) is 18.1 Å². The zero-order valence-electron chi connectivity index (χ0n) is 20.6. The number of carbonyl (C=O) groups is 4. The Morgan fingerprint density at radius 3 is 2.26 bits per heavy atom. The molecule has 0 bridgehead atoms. The molecule has 4 unspecified atom stereocenters. The van der Waals surface area contributed by atoms with Gasteiger partial charge >= 0.3 is 5.97 Å². The van der Waals surface area contributed by atoms with E-state index in [1.807, 2.05) is 13.8 Å². The van der Waals surface area contributed by atoms with Crippen LogP contribution in [-0.2, 0) is 19.2 Å². The van der Waals surface area contributed by atoms with Crippen molar-refractivity contribution in [3.8, 4) is 0 Å². The third kappa shape index (κ3) is 9.16. The molecule has 12 nitrogen and oxygen atoms in total. The quantitative estimate of drug-likeness (QED) is 0.110. The second-order valence-electron chi connectivity index (χ2n) is 9.50. The van der Waals surface area contributed by atoms with Gasteiger partial charge < -0.3 is 37.8 Å². The molecule has 0 aromatic heterocycles. The number of likely N-dealkylation sites (tertiary alicyclic amines) is 1. The Morgan fingerprint density at radius 2 is 1.74 bits per heavy atom. The number of nitrogens with one attached hydrogen (secondary N) is 2. The van der Waals surface area contributed by atoms with E-state index in [-0.39, 0.29) is 30.8 Å². The molecule has 0 radical (unpaired) electrons. The molecule has 34 heavy (non-hydrogen) atoms. The Labute approximate surface area is 201 Å². The molecule has 194 valence electrons. The number of aliphatic carboxylic acids is 1. The molecular formula is C22H41N7O5. The number of carboxylic acids is 1.